The van der Waals surface area contributed by atoms with Crippen LogP contribution in [0.25, 0.3) is 0 Å². The summed E-state index contributed by atoms with van der Waals surface area (Å²) in [5, 5.41) is 2.70. The Balaban J connectivity index is 1.44. The second kappa shape index (κ2) is 9.25. The largest absolute Gasteiger partial charge is 0.495 e. The molecule has 1 saturated heterocycles. The molecule has 0 spiro atoms. The normalized spacial score (nSPS) is 16.5. The number of ether oxygens (including phenoxy) is 3. The van der Waals surface area contributed by atoms with Crippen LogP contribution in [-0.4, -0.2) is 58.7 Å². The molecular weight excluding hydrogens is 420 g/mol. The van der Waals surface area contributed by atoms with E-state index in [4.69, 9.17) is 14.2 Å². The number of sulfonamides is 1. The van der Waals surface area contributed by atoms with Crippen LogP contribution >= 0.6 is 0 Å². The van der Waals surface area contributed by atoms with Crippen LogP contribution in [0.3, 0.4) is 0 Å². The molecule has 1 amide bonds. The van der Waals surface area contributed by atoms with Gasteiger partial charge in [0.1, 0.15) is 16.4 Å². The number of methoxy groups -OCH3 is 1. The molecular formula is C22H26N2O6S. The zero-order valence-electron chi connectivity index (χ0n) is 17.4. The molecule has 0 saturated carbocycles. The minimum Gasteiger partial charge on any atom is -0.495 e. The fourth-order valence-electron chi connectivity index (χ4n) is 3.87. The number of rotatable bonds is 7. The van der Waals surface area contributed by atoms with Crippen molar-refractivity contribution >= 4 is 21.6 Å². The summed E-state index contributed by atoms with van der Waals surface area (Å²) in [5.74, 6) is 0.500. The standard InChI is InChI=1S/C22H26N2O6S/c1-28-20-8-6-18(14-21(20)31(26,27)24-9-11-29-12-10-24)23-22(25)15-30-19-7-5-16-3-2-4-17(16)13-19/h5-8,13-14H,2-4,9-12,15H2,1H3,(H,23,25). The molecule has 4 rings (SSSR count). The predicted molar refractivity (Wildman–Crippen MR) is 115 cm³/mol. The number of hydrogen-bond acceptors (Lipinski definition) is 6. The first-order valence-corrected chi connectivity index (χ1v) is 11.7. The van der Waals surface area contributed by atoms with Crippen LogP contribution in [0.1, 0.15) is 17.5 Å². The van der Waals surface area contributed by atoms with Crippen LogP contribution in [-0.2, 0) is 32.4 Å². The number of fused-ring (bicyclic) bond motifs is 1. The van der Waals surface area contributed by atoms with E-state index < -0.39 is 10.0 Å². The lowest BCUT2D eigenvalue weighted by atomic mass is 10.1. The Morgan fingerprint density at radius 3 is 2.65 bits per heavy atom. The molecule has 1 aliphatic carbocycles. The first-order valence-electron chi connectivity index (χ1n) is 10.3. The molecule has 0 aromatic heterocycles. The molecule has 1 N–H and O–H groups in total. The van der Waals surface area contributed by atoms with Gasteiger partial charge in [0.2, 0.25) is 10.0 Å². The van der Waals surface area contributed by atoms with Gasteiger partial charge in [-0.2, -0.15) is 4.31 Å². The second-order valence-electron chi connectivity index (χ2n) is 7.50. The van der Waals surface area contributed by atoms with Gasteiger partial charge in [0.15, 0.2) is 6.61 Å². The second-order valence-corrected chi connectivity index (χ2v) is 9.41. The highest BCUT2D eigenvalue weighted by molar-refractivity contribution is 7.89. The van der Waals surface area contributed by atoms with Gasteiger partial charge < -0.3 is 19.5 Å². The van der Waals surface area contributed by atoms with Gasteiger partial charge in [-0.25, -0.2) is 8.42 Å². The van der Waals surface area contributed by atoms with E-state index in [1.807, 2.05) is 18.2 Å². The van der Waals surface area contributed by atoms with Crippen molar-refractivity contribution in [2.24, 2.45) is 0 Å². The highest BCUT2D eigenvalue weighted by Crippen LogP contribution is 2.30. The average molecular weight is 447 g/mol. The third-order valence-electron chi connectivity index (χ3n) is 5.48. The molecule has 1 aliphatic heterocycles. The monoisotopic (exact) mass is 446 g/mol. The van der Waals surface area contributed by atoms with Crippen molar-refractivity contribution < 1.29 is 27.4 Å². The van der Waals surface area contributed by atoms with Crippen molar-refractivity contribution in [2.75, 3.05) is 45.3 Å². The molecule has 166 valence electrons. The van der Waals surface area contributed by atoms with Crippen LogP contribution < -0.4 is 14.8 Å². The molecule has 0 bridgehead atoms. The molecule has 1 heterocycles. The van der Waals surface area contributed by atoms with Gasteiger partial charge in [-0.05, 0) is 60.7 Å². The number of nitrogens with zero attached hydrogens (tertiary/aromatic N) is 1. The minimum absolute atomic E-state index is 0.00856. The number of nitrogens with one attached hydrogen (secondary N) is 1. The van der Waals surface area contributed by atoms with E-state index >= 15 is 0 Å². The SMILES string of the molecule is COc1ccc(NC(=O)COc2ccc3c(c2)CCC3)cc1S(=O)(=O)N1CCOCC1. The maximum atomic E-state index is 13.1. The van der Waals surface area contributed by atoms with Crippen LogP contribution in [0.15, 0.2) is 41.3 Å². The van der Waals surface area contributed by atoms with Gasteiger partial charge in [0, 0.05) is 18.8 Å². The molecule has 1 fully saturated rings. The first-order chi connectivity index (χ1) is 15.0. The molecule has 0 unspecified atom stereocenters. The van der Waals surface area contributed by atoms with Gasteiger partial charge in [0.25, 0.3) is 5.91 Å². The Bertz CT molecular complexity index is 1060. The van der Waals surface area contributed by atoms with Crippen LogP contribution in [0, 0.1) is 0 Å². The molecule has 0 atom stereocenters. The van der Waals surface area contributed by atoms with E-state index in [1.54, 1.807) is 6.07 Å². The first kappa shape index (κ1) is 21.6. The summed E-state index contributed by atoms with van der Waals surface area (Å²) in [5.41, 5.74) is 2.96. The number of carbonyl (C=O) groups excluding carboxylic acids is 1. The van der Waals surface area contributed by atoms with Crippen LogP contribution in [0.5, 0.6) is 11.5 Å². The van der Waals surface area contributed by atoms with Gasteiger partial charge in [-0.1, -0.05) is 6.07 Å². The zero-order valence-corrected chi connectivity index (χ0v) is 18.2. The van der Waals surface area contributed by atoms with Crippen molar-refractivity contribution in [2.45, 2.75) is 24.2 Å². The Morgan fingerprint density at radius 2 is 1.87 bits per heavy atom. The molecule has 2 aromatic carbocycles. The Labute approximate surface area is 182 Å². The third-order valence-corrected chi connectivity index (χ3v) is 7.39. The van der Waals surface area contributed by atoms with Crippen LogP contribution in [0.2, 0.25) is 0 Å². The number of benzene rings is 2. The van der Waals surface area contributed by atoms with Crippen molar-refractivity contribution in [3.8, 4) is 11.5 Å². The molecule has 8 nitrogen and oxygen atoms in total. The molecule has 31 heavy (non-hydrogen) atoms. The van der Waals surface area contributed by atoms with Gasteiger partial charge in [-0.15, -0.1) is 0 Å². The minimum atomic E-state index is -3.78. The van der Waals surface area contributed by atoms with Gasteiger partial charge in [0.05, 0.1) is 20.3 Å². The maximum absolute atomic E-state index is 13.1. The van der Waals surface area contributed by atoms with Gasteiger partial charge >= 0.3 is 0 Å². The molecule has 9 heteroatoms. The maximum Gasteiger partial charge on any atom is 0.262 e. The Morgan fingerprint density at radius 1 is 1.10 bits per heavy atom. The summed E-state index contributed by atoms with van der Waals surface area (Å²) in [6.45, 7) is 1.07. The molecule has 0 radical (unpaired) electrons. The van der Waals surface area contributed by atoms with Crippen molar-refractivity contribution in [1.82, 2.24) is 4.31 Å². The fourth-order valence-corrected chi connectivity index (χ4v) is 5.46. The summed E-state index contributed by atoms with van der Waals surface area (Å²) in [6, 6.07) is 10.4. The average Bonchev–Trinajstić information content (AvgIpc) is 3.26. The number of anilines is 1. The number of aryl methyl sites for hydroxylation is 2. The summed E-state index contributed by atoms with van der Waals surface area (Å²) in [4.78, 5) is 12.4. The lowest BCUT2D eigenvalue weighted by molar-refractivity contribution is -0.118. The smallest absolute Gasteiger partial charge is 0.262 e. The van der Waals surface area contributed by atoms with E-state index in [0.717, 1.165) is 19.3 Å². The van der Waals surface area contributed by atoms with Crippen molar-refractivity contribution in [1.29, 1.82) is 0 Å². The predicted octanol–water partition coefficient (Wildman–Crippen LogP) is 2.22. The lowest BCUT2D eigenvalue weighted by Crippen LogP contribution is -2.40. The zero-order chi connectivity index (χ0) is 21.8. The van der Waals surface area contributed by atoms with Crippen molar-refractivity contribution in [3.05, 3.63) is 47.5 Å². The summed E-state index contributed by atoms with van der Waals surface area (Å²) >= 11 is 0. The van der Waals surface area contributed by atoms with E-state index in [2.05, 4.69) is 5.32 Å². The summed E-state index contributed by atoms with van der Waals surface area (Å²) in [6.07, 6.45) is 3.26. The fraction of sp³-hybridized carbons (Fsp3) is 0.409. The molecule has 2 aromatic rings. The highest BCUT2D eigenvalue weighted by Gasteiger charge is 2.29. The number of amides is 1. The highest BCUT2D eigenvalue weighted by atomic mass is 32.2. The summed E-state index contributed by atoms with van der Waals surface area (Å²) < 4.78 is 43.6. The number of carbonyl (C=O) groups is 1. The summed E-state index contributed by atoms with van der Waals surface area (Å²) in [7, 11) is -2.37. The van der Waals surface area contributed by atoms with E-state index in [1.165, 1.54) is 34.7 Å². The number of morpholine rings is 1. The third kappa shape index (κ3) is 4.84. The van der Waals surface area contributed by atoms with E-state index in [9.17, 15) is 13.2 Å². The van der Waals surface area contributed by atoms with Crippen molar-refractivity contribution in [3.63, 3.8) is 0 Å². The lowest BCUT2D eigenvalue weighted by Gasteiger charge is -2.26. The molecule has 2 aliphatic rings. The Hall–Kier alpha value is -2.62. The topological polar surface area (TPSA) is 94.2 Å². The van der Waals surface area contributed by atoms with Gasteiger partial charge in [-0.3, -0.25) is 4.79 Å². The quantitative estimate of drug-likeness (QED) is 0.701. The van der Waals surface area contributed by atoms with Crippen LogP contribution in [0.4, 0.5) is 5.69 Å². The van der Waals surface area contributed by atoms with E-state index in [0.29, 0.717) is 24.7 Å². The number of hydrogen-bond donors (Lipinski definition) is 1. The Kier molecular flexibility index (Phi) is 6.45. The van der Waals surface area contributed by atoms with E-state index in [-0.39, 0.29) is 36.2 Å².